The first-order valence-corrected chi connectivity index (χ1v) is 19.2. The van der Waals surface area contributed by atoms with Crippen molar-refractivity contribution in [3.63, 3.8) is 0 Å². The molecule has 0 saturated carbocycles. The van der Waals surface area contributed by atoms with Crippen molar-refractivity contribution < 1.29 is 36.7 Å². The Labute approximate surface area is 325 Å². The van der Waals surface area contributed by atoms with E-state index < -0.39 is 18.2 Å². The molecule has 1 aromatic heterocycles. The van der Waals surface area contributed by atoms with Gasteiger partial charge in [-0.15, -0.1) is 13.2 Å². The van der Waals surface area contributed by atoms with Gasteiger partial charge in [0.1, 0.15) is 23.4 Å². The Balaban J connectivity index is 0.926. The topological polar surface area (TPSA) is 113 Å². The summed E-state index contributed by atoms with van der Waals surface area (Å²) in [6.45, 7) is 2.94. The number of halogens is 5. The van der Waals surface area contributed by atoms with Crippen LogP contribution in [0.25, 0.3) is 21.9 Å². The number of rotatable bonds is 10. The zero-order chi connectivity index (χ0) is 39.7. The maximum atomic E-state index is 14.2. The standard InChI is InChI=1S/C41H42ClF4N5O5/c1-49-22-32(31-20-28(43)4-6-30(31)40(49)55)26-2-3-27(37(19-26)56-41(44,45)46)18-24-10-14-50(15-11-24)23-36(52)25-12-16-51(17-13-25)35-8-5-29(21-33(35)42)47-34-7-9-38(53)48-39(34)54/h2-6,8,19-22,24-25,34,47H,7,9-18,23H2,1H3,(H,48,53,54). The van der Waals surface area contributed by atoms with Crippen LogP contribution in [0, 0.1) is 17.7 Å². The van der Waals surface area contributed by atoms with E-state index in [0.717, 1.165) is 5.69 Å². The number of amides is 2. The molecular weight excluding hydrogens is 754 g/mol. The SMILES string of the molecule is Cn1cc(-c2ccc(CC3CCN(CC(=O)C4CCN(c5ccc(NC6CCC(=O)NC6=O)cc5Cl)CC4)CC3)c(OC(F)(F)F)c2)c2cc(F)ccc2c1=O. The van der Waals surface area contributed by atoms with E-state index in [1.807, 2.05) is 12.1 Å². The van der Waals surface area contributed by atoms with E-state index in [1.165, 1.54) is 42.1 Å². The first kappa shape index (κ1) is 39.3. The third-order valence-corrected chi connectivity index (χ3v) is 11.5. The molecule has 0 aliphatic carbocycles. The van der Waals surface area contributed by atoms with E-state index in [1.54, 1.807) is 18.2 Å². The Hall–Kier alpha value is -4.95. The quantitative estimate of drug-likeness (QED) is 0.133. The lowest BCUT2D eigenvalue weighted by molar-refractivity contribution is -0.274. The molecule has 3 aliphatic heterocycles. The minimum atomic E-state index is -4.93. The minimum absolute atomic E-state index is 0.0776. The third kappa shape index (κ3) is 9.02. The van der Waals surface area contributed by atoms with Crippen molar-refractivity contribution in [1.29, 1.82) is 0 Å². The van der Waals surface area contributed by atoms with Gasteiger partial charge in [0, 0.05) is 55.3 Å². The van der Waals surface area contributed by atoms with E-state index >= 15 is 0 Å². The van der Waals surface area contributed by atoms with Gasteiger partial charge in [0.15, 0.2) is 0 Å². The number of anilines is 2. The van der Waals surface area contributed by atoms with Crippen molar-refractivity contribution in [2.45, 2.75) is 57.3 Å². The van der Waals surface area contributed by atoms with Crippen LogP contribution < -0.4 is 25.8 Å². The number of nitrogens with one attached hydrogen (secondary N) is 2. The summed E-state index contributed by atoms with van der Waals surface area (Å²) in [5.41, 5.74) is 2.34. The maximum Gasteiger partial charge on any atom is 0.573 e. The fourth-order valence-electron chi connectivity index (χ4n) is 8.12. The molecule has 3 aliphatic rings. The molecule has 2 amide bonds. The third-order valence-electron chi connectivity index (χ3n) is 11.2. The molecule has 7 rings (SSSR count). The number of likely N-dealkylation sites (tertiary alicyclic amines) is 1. The van der Waals surface area contributed by atoms with Gasteiger partial charge in [0.2, 0.25) is 11.8 Å². The maximum absolute atomic E-state index is 14.2. The van der Waals surface area contributed by atoms with Gasteiger partial charge in [-0.1, -0.05) is 23.7 Å². The number of aromatic nitrogens is 1. The molecule has 0 bridgehead atoms. The highest BCUT2D eigenvalue weighted by Gasteiger charge is 2.34. The number of aryl methyl sites for hydroxylation is 1. The van der Waals surface area contributed by atoms with E-state index in [0.29, 0.717) is 104 Å². The molecule has 56 heavy (non-hydrogen) atoms. The zero-order valence-corrected chi connectivity index (χ0v) is 31.5. The van der Waals surface area contributed by atoms with Gasteiger partial charge in [0.05, 0.1) is 17.3 Å². The molecule has 10 nitrogen and oxygen atoms in total. The van der Waals surface area contributed by atoms with Gasteiger partial charge in [-0.25, -0.2) is 4.39 Å². The number of hydrogen-bond acceptors (Lipinski definition) is 8. The Bertz CT molecular complexity index is 2210. The first-order chi connectivity index (χ1) is 26.7. The zero-order valence-electron chi connectivity index (χ0n) is 30.8. The van der Waals surface area contributed by atoms with Gasteiger partial charge in [-0.2, -0.15) is 0 Å². The normalized spacial score (nSPS) is 19.0. The summed E-state index contributed by atoms with van der Waals surface area (Å²) in [6.07, 6.45) is 0.362. The number of fused-ring (bicyclic) bond motifs is 1. The summed E-state index contributed by atoms with van der Waals surface area (Å²) in [5, 5.41) is 6.55. The van der Waals surface area contributed by atoms with Crippen LogP contribution in [0.2, 0.25) is 5.02 Å². The van der Waals surface area contributed by atoms with Crippen LogP contribution >= 0.6 is 11.6 Å². The number of pyridine rings is 1. The van der Waals surface area contributed by atoms with Crippen molar-refractivity contribution >= 4 is 51.3 Å². The summed E-state index contributed by atoms with van der Waals surface area (Å²) in [5.74, 6) is -1.37. The van der Waals surface area contributed by atoms with Crippen molar-refractivity contribution in [1.82, 2.24) is 14.8 Å². The van der Waals surface area contributed by atoms with Crippen molar-refractivity contribution in [2.75, 3.05) is 42.9 Å². The number of benzene rings is 3. The highest BCUT2D eigenvalue weighted by atomic mass is 35.5. The van der Waals surface area contributed by atoms with Crippen LogP contribution in [0.3, 0.4) is 0 Å². The molecule has 1 unspecified atom stereocenters. The number of alkyl halides is 3. The summed E-state index contributed by atoms with van der Waals surface area (Å²) in [6, 6.07) is 13.3. The second kappa shape index (κ2) is 16.3. The average Bonchev–Trinajstić information content (AvgIpc) is 3.15. The average molecular weight is 796 g/mol. The molecule has 3 fully saturated rings. The number of hydrogen-bond donors (Lipinski definition) is 2. The number of nitrogens with zero attached hydrogens (tertiary/aromatic N) is 3. The van der Waals surface area contributed by atoms with Crippen LogP contribution in [0.1, 0.15) is 44.1 Å². The van der Waals surface area contributed by atoms with Gasteiger partial charge in [-0.05, 0) is 117 Å². The lowest BCUT2D eigenvalue weighted by Gasteiger charge is -2.36. The van der Waals surface area contributed by atoms with Crippen molar-refractivity contribution in [2.24, 2.45) is 18.9 Å². The first-order valence-electron chi connectivity index (χ1n) is 18.8. The van der Waals surface area contributed by atoms with Crippen LogP contribution in [-0.4, -0.2) is 72.2 Å². The minimum Gasteiger partial charge on any atom is -0.405 e. The predicted octanol–water partition coefficient (Wildman–Crippen LogP) is 6.85. The Morgan fingerprint density at radius 1 is 0.929 bits per heavy atom. The summed E-state index contributed by atoms with van der Waals surface area (Å²) in [4.78, 5) is 53.9. The van der Waals surface area contributed by atoms with Crippen LogP contribution in [0.5, 0.6) is 5.75 Å². The second-order valence-electron chi connectivity index (χ2n) is 15.0. The Kier molecular flexibility index (Phi) is 11.4. The van der Waals surface area contributed by atoms with E-state index in [9.17, 15) is 36.7 Å². The highest BCUT2D eigenvalue weighted by Crippen LogP contribution is 2.37. The van der Waals surface area contributed by atoms with Gasteiger partial charge in [-0.3, -0.25) is 29.4 Å². The van der Waals surface area contributed by atoms with Crippen LogP contribution in [0.15, 0.2) is 65.6 Å². The molecule has 3 saturated heterocycles. The van der Waals surface area contributed by atoms with Gasteiger partial charge >= 0.3 is 6.36 Å². The number of Topliss-reactive ketones (excluding diaryl/α,β-unsaturated/α-hetero) is 1. The molecule has 4 aromatic rings. The summed E-state index contributed by atoms with van der Waals surface area (Å²) < 4.78 is 60.9. The number of ketones is 1. The predicted molar refractivity (Wildman–Crippen MR) is 205 cm³/mol. The number of ether oxygens (including phenoxy) is 1. The molecule has 4 heterocycles. The lowest BCUT2D eigenvalue weighted by Crippen LogP contribution is -2.47. The van der Waals surface area contributed by atoms with Crippen molar-refractivity contribution in [3.05, 3.63) is 87.6 Å². The summed E-state index contributed by atoms with van der Waals surface area (Å²) >= 11 is 6.64. The fraction of sp³-hybridized carbons (Fsp3) is 0.415. The van der Waals surface area contributed by atoms with E-state index in [2.05, 4.69) is 25.2 Å². The molecule has 2 N–H and O–H groups in total. The smallest absolute Gasteiger partial charge is 0.405 e. The van der Waals surface area contributed by atoms with Crippen LogP contribution in [0.4, 0.5) is 28.9 Å². The number of imide groups is 1. The lowest BCUT2D eigenvalue weighted by atomic mass is 9.88. The monoisotopic (exact) mass is 795 g/mol. The highest BCUT2D eigenvalue weighted by molar-refractivity contribution is 6.33. The number of carbonyl (C=O) groups excluding carboxylic acids is 3. The second-order valence-corrected chi connectivity index (χ2v) is 15.4. The molecule has 1 atom stereocenters. The Morgan fingerprint density at radius 3 is 2.38 bits per heavy atom. The molecule has 15 heteroatoms. The van der Waals surface area contributed by atoms with Crippen molar-refractivity contribution in [3.8, 4) is 16.9 Å². The fourth-order valence-corrected chi connectivity index (χ4v) is 8.42. The molecule has 0 radical (unpaired) electrons. The molecule has 296 valence electrons. The summed E-state index contributed by atoms with van der Waals surface area (Å²) in [7, 11) is 1.53. The number of piperidine rings is 3. The Morgan fingerprint density at radius 2 is 1.68 bits per heavy atom. The number of carbonyl (C=O) groups is 3. The van der Waals surface area contributed by atoms with Gasteiger partial charge in [0.25, 0.3) is 5.56 Å². The molecule has 3 aromatic carbocycles. The van der Waals surface area contributed by atoms with Crippen LogP contribution in [-0.2, 0) is 27.9 Å². The van der Waals surface area contributed by atoms with E-state index in [4.69, 9.17) is 11.6 Å². The largest absolute Gasteiger partial charge is 0.573 e. The molecular formula is C41H42ClF4N5O5. The molecule has 0 spiro atoms. The van der Waals surface area contributed by atoms with Gasteiger partial charge < -0.3 is 19.5 Å². The van der Waals surface area contributed by atoms with E-state index in [-0.39, 0.29) is 52.5 Å².